The predicted molar refractivity (Wildman–Crippen MR) is 239 cm³/mol. The minimum Gasteiger partial charge on any atom is -0.481 e. The summed E-state index contributed by atoms with van der Waals surface area (Å²) in [6, 6.07) is 0. The van der Waals surface area contributed by atoms with Gasteiger partial charge in [0.05, 0.1) is 0 Å². The van der Waals surface area contributed by atoms with Crippen molar-refractivity contribution in [3.63, 3.8) is 0 Å². The first-order valence-electron chi connectivity index (χ1n) is 25.0. The molecule has 4 heteroatoms. The number of hydrogen-bond acceptors (Lipinski definition) is 2. The van der Waals surface area contributed by atoms with Crippen LogP contribution in [0.2, 0.25) is 0 Å². The molecule has 0 radical (unpaired) electrons. The van der Waals surface area contributed by atoms with Gasteiger partial charge in [0, 0.05) is 12.8 Å². The van der Waals surface area contributed by atoms with E-state index in [2.05, 4.69) is 13.8 Å². The smallest absolute Gasteiger partial charge is 0.303 e. The Kier molecular flexibility index (Phi) is 52.9. The zero-order chi connectivity index (χ0) is 39.7. The molecule has 0 rings (SSSR count). The highest BCUT2D eigenvalue weighted by Crippen LogP contribution is 2.17. The Morgan fingerprint density at radius 3 is 0.444 bits per heavy atom. The lowest BCUT2D eigenvalue weighted by Gasteiger charge is -2.04. The Balaban J connectivity index is 0. The van der Waals surface area contributed by atoms with E-state index in [1.165, 1.54) is 257 Å². The monoisotopic (exact) mass is 765 g/mol. The summed E-state index contributed by atoms with van der Waals surface area (Å²) >= 11 is 0. The minimum absolute atomic E-state index is 0.346. The number of aliphatic carboxylic acids is 2. The normalized spacial score (nSPS) is 11.1. The van der Waals surface area contributed by atoms with E-state index in [-0.39, 0.29) is 0 Å². The molecule has 0 saturated carbocycles. The number of rotatable bonds is 46. The SMILES string of the molecule is CCCCCCCCCCCCCCCCCCCCCC(=O)O.CCCCCCCCCCCCCCCCCCCCCCCCCCCC(=O)O. The Hall–Kier alpha value is -1.06. The van der Waals surface area contributed by atoms with E-state index in [0.29, 0.717) is 12.8 Å². The molecule has 0 aromatic carbocycles. The van der Waals surface area contributed by atoms with Crippen LogP contribution in [-0.2, 0) is 9.59 Å². The van der Waals surface area contributed by atoms with Gasteiger partial charge in [0.25, 0.3) is 0 Å². The van der Waals surface area contributed by atoms with Crippen LogP contribution >= 0.6 is 0 Å². The molecule has 0 aromatic rings. The van der Waals surface area contributed by atoms with Crippen molar-refractivity contribution >= 4 is 11.9 Å². The topological polar surface area (TPSA) is 74.6 Å². The molecule has 0 atom stereocenters. The number of hydrogen-bond donors (Lipinski definition) is 2. The van der Waals surface area contributed by atoms with Crippen LogP contribution in [0.1, 0.15) is 309 Å². The van der Waals surface area contributed by atoms with E-state index in [9.17, 15) is 9.59 Å². The lowest BCUT2D eigenvalue weighted by Crippen LogP contribution is -1.93. The van der Waals surface area contributed by atoms with Gasteiger partial charge in [-0.3, -0.25) is 9.59 Å². The van der Waals surface area contributed by atoms with Gasteiger partial charge in [-0.25, -0.2) is 0 Å². The highest BCUT2D eigenvalue weighted by atomic mass is 16.4. The summed E-state index contributed by atoms with van der Waals surface area (Å²) in [6.07, 6.45) is 61.1. The number of unbranched alkanes of at least 4 members (excludes halogenated alkanes) is 42. The van der Waals surface area contributed by atoms with Crippen molar-refractivity contribution < 1.29 is 19.8 Å². The second-order valence-corrected chi connectivity index (χ2v) is 17.1. The maximum atomic E-state index is 10.4. The lowest BCUT2D eigenvalue weighted by molar-refractivity contribution is -0.138. The van der Waals surface area contributed by atoms with E-state index in [1.54, 1.807) is 0 Å². The van der Waals surface area contributed by atoms with Crippen molar-refractivity contribution in [2.75, 3.05) is 0 Å². The van der Waals surface area contributed by atoms with Gasteiger partial charge in [0.1, 0.15) is 0 Å². The van der Waals surface area contributed by atoms with Crippen LogP contribution in [-0.4, -0.2) is 22.2 Å². The molecule has 0 aromatic heterocycles. The summed E-state index contributed by atoms with van der Waals surface area (Å²) in [4.78, 5) is 20.8. The number of carboxylic acids is 2. The Morgan fingerprint density at radius 1 is 0.222 bits per heavy atom. The summed E-state index contributed by atoms with van der Waals surface area (Å²) in [6.45, 7) is 4.58. The third-order valence-corrected chi connectivity index (χ3v) is 11.5. The molecule has 0 saturated heterocycles. The first-order valence-corrected chi connectivity index (χ1v) is 25.0. The van der Waals surface area contributed by atoms with Crippen molar-refractivity contribution in [2.45, 2.75) is 309 Å². The minimum atomic E-state index is -0.651. The summed E-state index contributed by atoms with van der Waals surface area (Å²) in [5.74, 6) is -1.30. The fourth-order valence-electron chi connectivity index (χ4n) is 7.77. The van der Waals surface area contributed by atoms with Crippen LogP contribution in [0.15, 0.2) is 0 Å². The zero-order valence-corrected chi connectivity index (χ0v) is 37.2. The quantitative estimate of drug-likeness (QED) is 0.0605. The second-order valence-electron chi connectivity index (χ2n) is 17.1. The van der Waals surface area contributed by atoms with Gasteiger partial charge in [0.15, 0.2) is 0 Å². The third-order valence-electron chi connectivity index (χ3n) is 11.5. The molecule has 0 bridgehead atoms. The van der Waals surface area contributed by atoms with Crippen LogP contribution in [0.3, 0.4) is 0 Å². The molecular formula is C50H100O4. The van der Waals surface area contributed by atoms with Crippen molar-refractivity contribution in [3.8, 4) is 0 Å². The molecule has 0 aliphatic heterocycles. The largest absolute Gasteiger partial charge is 0.481 e. The van der Waals surface area contributed by atoms with E-state index in [1.807, 2.05) is 0 Å². The zero-order valence-electron chi connectivity index (χ0n) is 37.2. The van der Waals surface area contributed by atoms with E-state index in [4.69, 9.17) is 10.2 Å². The average molecular weight is 765 g/mol. The molecule has 0 aliphatic rings. The molecule has 54 heavy (non-hydrogen) atoms. The van der Waals surface area contributed by atoms with Gasteiger partial charge in [0.2, 0.25) is 0 Å². The van der Waals surface area contributed by atoms with E-state index >= 15 is 0 Å². The van der Waals surface area contributed by atoms with Gasteiger partial charge in [-0.15, -0.1) is 0 Å². The van der Waals surface area contributed by atoms with E-state index in [0.717, 1.165) is 25.7 Å². The first kappa shape index (κ1) is 55.0. The molecule has 0 amide bonds. The predicted octanol–water partition coefficient (Wildman–Crippen LogP) is 18.1. The second kappa shape index (κ2) is 51.9. The highest BCUT2D eigenvalue weighted by molar-refractivity contribution is 5.66. The summed E-state index contributed by atoms with van der Waals surface area (Å²) in [7, 11) is 0. The highest BCUT2D eigenvalue weighted by Gasteiger charge is 2.00. The third kappa shape index (κ3) is 57.7. The van der Waals surface area contributed by atoms with Gasteiger partial charge < -0.3 is 10.2 Å². The van der Waals surface area contributed by atoms with Crippen molar-refractivity contribution in [1.82, 2.24) is 0 Å². The van der Waals surface area contributed by atoms with Crippen molar-refractivity contribution in [2.24, 2.45) is 0 Å². The van der Waals surface area contributed by atoms with Crippen LogP contribution in [0, 0.1) is 0 Å². The molecular weight excluding hydrogens is 665 g/mol. The van der Waals surface area contributed by atoms with Gasteiger partial charge in [-0.05, 0) is 12.8 Å². The summed E-state index contributed by atoms with van der Waals surface area (Å²) < 4.78 is 0. The molecule has 0 aliphatic carbocycles. The Morgan fingerprint density at radius 2 is 0.333 bits per heavy atom. The van der Waals surface area contributed by atoms with Crippen LogP contribution < -0.4 is 0 Å². The molecule has 324 valence electrons. The molecule has 0 fully saturated rings. The fourth-order valence-corrected chi connectivity index (χ4v) is 7.77. The van der Waals surface area contributed by atoms with Crippen molar-refractivity contribution in [1.29, 1.82) is 0 Å². The first-order chi connectivity index (χ1) is 26.5. The van der Waals surface area contributed by atoms with Gasteiger partial charge in [-0.1, -0.05) is 284 Å². The standard InChI is InChI=1S/C28H56O2.C22H44O2/c1-2-3-4-5-6-7-8-9-10-11-12-13-14-15-16-17-18-19-20-21-22-23-24-25-26-27-28(29)30;1-2-3-4-5-6-7-8-9-10-11-12-13-14-15-16-17-18-19-20-21-22(23)24/h2-27H2,1H3,(H,29,30);2-21H2,1H3,(H,23,24). The maximum Gasteiger partial charge on any atom is 0.303 e. The van der Waals surface area contributed by atoms with Crippen molar-refractivity contribution in [3.05, 3.63) is 0 Å². The lowest BCUT2D eigenvalue weighted by atomic mass is 10.0. The molecule has 0 spiro atoms. The Bertz CT molecular complexity index is 692. The fraction of sp³-hybridized carbons (Fsp3) is 0.960. The number of carbonyl (C=O) groups is 2. The van der Waals surface area contributed by atoms with Crippen LogP contribution in [0.4, 0.5) is 0 Å². The molecule has 4 nitrogen and oxygen atoms in total. The van der Waals surface area contributed by atoms with Crippen LogP contribution in [0.5, 0.6) is 0 Å². The number of carboxylic acid groups (broad SMARTS) is 2. The molecule has 0 heterocycles. The van der Waals surface area contributed by atoms with Gasteiger partial charge in [-0.2, -0.15) is 0 Å². The molecule has 0 unspecified atom stereocenters. The maximum absolute atomic E-state index is 10.4. The van der Waals surface area contributed by atoms with E-state index < -0.39 is 11.9 Å². The molecule has 2 N–H and O–H groups in total. The summed E-state index contributed by atoms with van der Waals surface area (Å²) in [5.41, 5.74) is 0. The van der Waals surface area contributed by atoms with Gasteiger partial charge >= 0.3 is 11.9 Å². The Labute approximate surface area is 340 Å². The van der Waals surface area contributed by atoms with Crippen LogP contribution in [0.25, 0.3) is 0 Å². The average Bonchev–Trinajstić information content (AvgIpc) is 3.15. The summed E-state index contributed by atoms with van der Waals surface area (Å²) in [5, 5.41) is 17.2.